The first-order chi connectivity index (χ1) is 8.26. The summed E-state index contributed by atoms with van der Waals surface area (Å²) < 4.78 is 39.1. The van der Waals surface area contributed by atoms with Crippen molar-refractivity contribution in [2.75, 3.05) is 0 Å². The van der Waals surface area contributed by atoms with E-state index in [0.717, 1.165) is 0 Å². The largest absolute Gasteiger partial charge is 0.389 e. The minimum absolute atomic E-state index is 0.0491. The van der Waals surface area contributed by atoms with Gasteiger partial charge >= 0.3 is 6.18 Å². The third-order valence-corrected chi connectivity index (χ3v) is 3.13. The Morgan fingerprint density at radius 3 is 2.56 bits per heavy atom. The number of nitrogens with one attached hydrogen (secondary N) is 1. The molecule has 0 bridgehead atoms. The monoisotopic (exact) mass is 328 g/mol. The summed E-state index contributed by atoms with van der Waals surface area (Å²) >= 11 is 3.29. The van der Waals surface area contributed by atoms with Crippen LogP contribution in [0.1, 0.15) is 44.5 Å². The van der Waals surface area contributed by atoms with Crippen molar-refractivity contribution in [3.63, 3.8) is 0 Å². The average Bonchev–Trinajstić information content (AvgIpc) is 2.60. The number of alkyl halides is 3. The summed E-state index contributed by atoms with van der Waals surface area (Å²) in [5.41, 5.74) is 3.06. The molecular formula is C10H16BrF3N4. The molecule has 4 nitrogen and oxygen atoms in total. The molecule has 1 rings (SSSR count). The standard InChI is InChI=1S/C10H16BrF3N4/c1-6(2)18-9(7(11)5-16-18)8(17-15)3-4-10(12,13)14/h5-6,8,17H,3-4,15H2,1-2H3. The molecule has 1 unspecified atom stereocenters. The highest BCUT2D eigenvalue weighted by atomic mass is 79.9. The lowest BCUT2D eigenvalue weighted by Crippen LogP contribution is -2.31. The van der Waals surface area contributed by atoms with Crippen LogP contribution in [0.15, 0.2) is 10.7 Å². The van der Waals surface area contributed by atoms with Gasteiger partial charge in [0, 0.05) is 12.5 Å². The summed E-state index contributed by atoms with van der Waals surface area (Å²) in [5.74, 6) is 5.35. The van der Waals surface area contributed by atoms with Crippen molar-refractivity contribution in [1.29, 1.82) is 0 Å². The van der Waals surface area contributed by atoms with Gasteiger partial charge in [-0.2, -0.15) is 18.3 Å². The van der Waals surface area contributed by atoms with Gasteiger partial charge in [-0.15, -0.1) is 0 Å². The predicted octanol–water partition coefficient (Wildman–Crippen LogP) is 3.07. The Morgan fingerprint density at radius 2 is 2.11 bits per heavy atom. The molecule has 0 aliphatic heterocycles. The number of hydrogen-bond donors (Lipinski definition) is 2. The van der Waals surface area contributed by atoms with Gasteiger partial charge < -0.3 is 0 Å². The van der Waals surface area contributed by atoms with Crippen molar-refractivity contribution in [1.82, 2.24) is 15.2 Å². The zero-order chi connectivity index (χ0) is 13.9. The molecule has 104 valence electrons. The van der Waals surface area contributed by atoms with E-state index < -0.39 is 18.6 Å². The topological polar surface area (TPSA) is 55.9 Å². The summed E-state index contributed by atoms with van der Waals surface area (Å²) in [6.45, 7) is 3.81. The van der Waals surface area contributed by atoms with E-state index in [1.807, 2.05) is 13.8 Å². The number of nitrogens with zero attached hydrogens (tertiary/aromatic N) is 2. The molecule has 1 atom stereocenters. The number of hydrazine groups is 1. The number of hydrogen-bond acceptors (Lipinski definition) is 3. The molecule has 0 saturated heterocycles. The van der Waals surface area contributed by atoms with Crippen molar-refractivity contribution >= 4 is 15.9 Å². The van der Waals surface area contributed by atoms with Crippen LogP contribution in [-0.4, -0.2) is 16.0 Å². The first-order valence-corrected chi connectivity index (χ1v) is 6.31. The molecule has 1 heterocycles. The van der Waals surface area contributed by atoms with Crippen LogP contribution in [-0.2, 0) is 0 Å². The Hall–Kier alpha value is -0.600. The highest BCUT2D eigenvalue weighted by molar-refractivity contribution is 9.10. The van der Waals surface area contributed by atoms with E-state index in [4.69, 9.17) is 5.84 Å². The summed E-state index contributed by atoms with van der Waals surface area (Å²) in [6, 6.07) is -0.543. The van der Waals surface area contributed by atoms with Gasteiger partial charge in [0.05, 0.1) is 22.4 Å². The van der Waals surface area contributed by atoms with Crippen LogP contribution in [0.25, 0.3) is 0 Å². The molecule has 0 aliphatic carbocycles. The Balaban J connectivity index is 2.91. The van der Waals surface area contributed by atoms with Gasteiger partial charge in [-0.05, 0) is 36.2 Å². The quantitative estimate of drug-likeness (QED) is 0.645. The van der Waals surface area contributed by atoms with E-state index in [1.54, 1.807) is 10.9 Å². The van der Waals surface area contributed by atoms with Gasteiger partial charge in [0.1, 0.15) is 0 Å². The third kappa shape index (κ3) is 3.96. The van der Waals surface area contributed by atoms with E-state index in [0.29, 0.717) is 10.2 Å². The lowest BCUT2D eigenvalue weighted by molar-refractivity contribution is -0.136. The number of rotatable bonds is 5. The van der Waals surface area contributed by atoms with Gasteiger partial charge in [-0.25, -0.2) is 0 Å². The summed E-state index contributed by atoms with van der Waals surface area (Å²) in [4.78, 5) is 0. The molecular weight excluding hydrogens is 313 g/mol. The summed E-state index contributed by atoms with van der Waals surface area (Å²) in [6.07, 6.45) is -3.65. The van der Waals surface area contributed by atoms with Gasteiger partial charge in [0.2, 0.25) is 0 Å². The SMILES string of the molecule is CC(C)n1ncc(Br)c1C(CCC(F)(F)F)NN. The fraction of sp³-hybridized carbons (Fsp3) is 0.700. The molecule has 3 N–H and O–H groups in total. The smallest absolute Gasteiger partial charge is 0.271 e. The Kier molecular flexibility index (Phi) is 5.18. The Morgan fingerprint density at radius 1 is 1.50 bits per heavy atom. The van der Waals surface area contributed by atoms with Crippen molar-refractivity contribution in [2.45, 2.75) is 44.9 Å². The molecule has 1 aromatic rings. The zero-order valence-electron chi connectivity index (χ0n) is 10.1. The number of aromatic nitrogens is 2. The molecule has 8 heteroatoms. The van der Waals surface area contributed by atoms with Gasteiger partial charge in [0.15, 0.2) is 0 Å². The van der Waals surface area contributed by atoms with Gasteiger partial charge in [0.25, 0.3) is 0 Å². The van der Waals surface area contributed by atoms with Crippen LogP contribution >= 0.6 is 15.9 Å². The van der Waals surface area contributed by atoms with E-state index in [-0.39, 0.29) is 12.5 Å². The normalized spacial score (nSPS) is 14.2. The molecule has 18 heavy (non-hydrogen) atoms. The van der Waals surface area contributed by atoms with Gasteiger partial charge in [-0.3, -0.25) is 16.0 Å². The summed E-state index contributed by atoms with van der Waals surface area (Å²) in [5, 5.41) is 4.12. The Bertz CT molecular complexity index is 389. The second-order valence-electron chi connectivity index (χ2n) is 4.29. The maximum absolute atomic E-state index is 12.3. The third-order valence-electron chi connectivity index (χ3n) is 2.52. The van der Waals surface area contributed by atoms with Crippen LogP contribution in [0.4, 0.5) is 13.2 Å². The molecule has 0 aromatic carbocycles. The van der Waals surface area contributed by atoms with Crippen molar-refractivity contribution in [3.8, 4) is 0 Å². The van der Waals surface area contributed by atoms with Crippen LogP contribution in [0.2, 0.25) is 0 Å². The Labute approximate surface area is 112 Å². The van der Waals surface area contributed by atoms with E-state index >= 15 is 0 Å². The highest BCUT2D eigenvalue weighted by Crippen LogP contribution is 2.31. The minimum atomic E-state index is -4.19. The van der Waals surface area contributed by atoms with Crippen molar-refractivity contribution < 1.29 is 13.2 Å². The van der Waals surface area contributed by atoms with Crippen LogP contribution in [0.3, 0.4) is 0 Å². The summed E-state index contributed by atoms with van der Waals surface area (Å²) in [7, 11) is 0. The molecule has 0 fully saturated rings. The first-order valence-electron chi connectivity index (χ1n) is 5.52. The average molecular weight is 329 g/mol. The maximum Gasteiger partial charge on any atom is 0.389 e. The van der Waals surface area contributed by atoms with E-state index in [9.17, 15) is 13.2 Å². The number of halogens is 4. The van der Waals surface area contributed by atoms with Crippen molar-refractivity contribution in [2.24, 2.45) is 5.84 Å². The molecule has 0 aliphatic rings. The molecule has 0 radical (unpaired) electrons. The maximum atomic E-state index is 12.3. The van der Waals surface area contributed by atoms with Gasteiger partial charge in [-0.1, -0.05) is 0 Å². The van der Waals surface area contributed by atoms with Crippen LogP contribution in [0.5, 0.6) is 0 Å². The number of nitrogens with two attached hydrogens (primary N) is 1. The fourth-order valence-electron chi connectivity index (χ4n) is 1.70. The second-order valence-corrected chi connectivity index (χ2v) is 5.14. The zero-order valence-corrected chi connectivity index (χ0v) is 11.7. The van der Waals surface area contributed by atoms with Crippen LogP contribution < -0.4 is 11.3 Å². The molecule has 0 saturated carbocycles. The molecule has 0 amide bonds. The first kappa shape index (κ1) is 15.5. The van der Waals surface area contributed by atoms with E-state index in [2.05, 4.69) is 26.5 Å². The van der Waals surface area contributed by atoms with E-state index in [1.165, 1.54) is 0 Å². The molecule has 1 aromatic heterocycles. The predicted molar refractivity (Wildman–Crippen MR) is 65.7 cm³/mol. The minimum Gasteiger partial charge on any atom is -0.271 e. The lowest BCUT2D eigenvalue weighted by atomic mass is 10.1. The second kappa shape index (κ2) is 6.03. The molecule has 0 spiro atoms. The van der Waals surface area contributed by atoms with Crippen LogP contribution in [0, 0.1) is 0 Å². The fourth-order valence-corrected chi connectivity index (χ4v) is 2.24. The van der Waals surface area contributed by atoms with Crippen molar-refractivity contribution in [3.05, 3.63) is 16.4 Å². The lowest BCUT2D eigenvalue weighted by Gasteiger charge is -2.20. The highest BCUT2D eigenvalue weighted by Gasteiger charge is 2.30.